The van der Waals surface area contributed by atoms with Gasteiger partial charge in [-0.2, -0.15) is 0 Å². The van der Waals surface area contributed by atoms with Gasteiger partial charge in [0.15, 0.2) is 0 Å². The van der Waals surface area contributed by atoms with E-state index in [-0.39, 0.29) is 11.8 Å². The lowest BCUT2D eigenvalue weighted by Gasteiger charge is -2.22. The number of hydrogen-bond acceptors (Lipinski definition) is 2. The van der Waals surface area contributed by atoms with Gasteiger partial charge in [0.2, 0.25) is 11.8 Å². The summed E-state index contributed by atoms with van der Waals surface area (Å²) in [4.78, 5) is 28.5. The number of nitrogens with zero attached hydrogens (tertiary/aromatic N) is 2. The molecule has 0 fully saturated rings. The van der Waals surface area contributed by atoms with Crippen molar-refractivity contribution in [2.75, 3.05) is 26.2 Å². The van der Waals surface area contributed by atoms with Crippen LogP contribution in [0.2, 0.25) is 0 Å². The van der Waals surface area contributed by atoms with Crippen LogP contribution in [0.5, 0.6) is 0 Å². The van der Waals surface area contributed by atoms with Gasteiger partial charge >= 0.3 is 0 Å². The third-order valence-electron chi connectivity index (χ3n) is 4.12. The maximum absolute atomic E-state index is 12.4. The Morgan fingerprint density at radius 2 is 0.833 bits per heavy atom. The van der Waals surface area contributed by atoms with Gasteiger partial charge in [-0.05, 0) is 25.7 Å². The first-order chi connectivity index (χ1) is 11.6. The number of rotatable bonds is 14. The van der Waals surface area contributed by atoms with E-state index in [4.69, 9.17) is 0 Å². The topological polar surface area (TPSA) is 40.6 Å². The molecule has 0 rings (SSSR count). The molecule has 0 aliphatic carbocycles. The third kappa shape index (κ3) is 10.5. The van der Waals surface area contributed by atoms with Crippen LogP contribution in [0.15, 0.2) is 12.2 Å². The number of carbonyl (C=O) groups is 2. The van der Waals surface area contributed by atoms with Crippen LogP contribution in [0, 0.1) is 0 Å². The number of carbonyl (C=O) groups excluding carboxylic acids is 2. The van der Waals surface area contributed by atoms with Crippen molar-refractivity contribution < 1.29 is 9.59 Å². The lowest BCUT2D eigenvalue weighted by atomic mass is 10.2. The van der Waals surface area contributed by atoms with Crippen LogP contribution in [0.4, 0.5) is 0 Å². The van der Waals surface area contributed by atoms with Crippen LogP contribution in [0.25, 0.3) is 0 Å². The zero-order chi connectivity index (χ0) is 18.2. The molecule has 0 N–H and O–H groups in total. The Morgan fingerprint density at radius 1 is 0.583 bits per heavy atom. The summed E-state index contributed by atoms with van der Waals surface area (Å²) in [5.74, 6) is -0.0626. The number of hydrogen-bond donors (Lipinski definition) is 0. The van der Waals surface area contributed by atoms with Crippen molar-refractivity contribution in [3.8, 4) is 0 Å². The summed E-state index contributed by atoms with van der Waals surface area (Å²) in [5.41, 5.74) is 0. The maximum atomic E-state index is 12.4. The zero-order valence-corrected chi connectivity index (χ0v) is 16.4. The summed E-state index contributed by atoms with van der Waals surface area (Å²) in [6.45, 7) is 11.6. The minimum absolute atomic E-state index is 0.0313. The van der Waals surface area contributed by atoms with E-state index in [1.807, 2.05) is 9.80 Å². The zero-order valence-electron chi connectivity index (χ0n) is 16.4. The third-order valence-corrected chi connectivity index (χ3v) is 4.12. The van der Waals surface area contributed by atoms with Gasteiger partial charge in [-0.25, -0.2) is 0 Å². The smallest absolute Gasteiger partial charge is 0.246 e. The van der Waals surface area contributed by atoms with Gasteiger partial charge in [0, 0.05) is 38.3 Å². The Kier molecular flexibility index (Phi) is 14.4. The molecule has 4 heteroatoms. The highest BCUT2D eigenvalue weighted by atomic mass is 16.2. The van der Waals surface area contributed by atoms with Gasteiger partial charge < -0.3 is 9.80 Å². The van der Waals surface area contributed by atoms with E-state index in [1.54, 1.807) is 0 Å². The van der Waals surface area contributed by atoms with E-state index in [0.717, 1.165) is 77.5 Å². The second-order valence-electron chi connectivity index (χ2n) is 6.40. The van der Waals surface area contributed by atoms with Crippen molar-refractivity contribution in [2.24, 2.45) is 0 Å². The highest BCUT2D eigenvalue weighted by molar-refractivity contribution is 5.96. The molecule has 0 aromatic rings. The average molecular weight is 339 g/mol. The second kappa shape index (κ2) is 15.2. The Hall–Kier alpha value is -1.32. The summed E-state index contributed by atoms with van der Waals surface area (Å²) >= 11 is 0. The van der Waals surface area contributed by atoms with Crippen LogP contribution in [-0.4, -0.2) is 47.8 Å². The highest BCUT2D eigenvalue weighted by Crippen LogP contribution is 2.03. The van der Waals surface area contributed by atoms with Crippen molar-refractivity contribution >= 4 is 11.8 Å². The fraction of sp³-hybridized carbons (Fsp3) is 0.800. The van der Waals surface area contributed by atoms with E-state index < -0.39 is 0 Å². The number of amides is 2. The van der Waals surface area contributed by atoms with Gasteiger partial charge in [0.25, 0.3) is 0 Å². The quantitative estimate of drug-likeness (QED) is 0.440. The summed E-state index contributed by atoms with van der Waals surface area (Å²) in [6.07, 6.45) is 11.3. The normalized spacial score (nSPS) is 11.0. The van der Waals surface area contributed by atoms with Crippen molar-refractivity contribution in [3.05, 3.63) is 12.2 Å². The van der Waals surface area contributed by atoms with Crippen LogP contribution in [0.3, 0.4) is 0 Å². The largest absolute Gasteiger partial charge is 0.339 e. The molecule has 0 bridgehead atoms. The standard InChI is InChI=1S/C20H38N2O2/c1-5-9-15-21(16-10-6-2)19(23)13-14-20(24)22(17-11-7-3)18-12-8-4/h13-14H,5-12,15-18H2,1-4H3/b14-13-. The molecular weight excluding hydrogens is 300 g/mol. The molecule has 0 aliphatic rings. The van der Waals surface area contributed by atoms with Gasteiger partial charge in [-0.3, -0.25) is 9.59 Å². The van der Waals surface area contributed by atoms with E-state index in [1.165, 1.54) is 12.2 Å². The van der Waals surface area contributed by atoms with Gasteiger partial charge in [0.05, 0.1) is 0 Å². The van der Waals surface area contributed by atoms with Crippen LogP contribution < -0.4 is 0 Å². The Labute approximate surface area is 149 Å². The predicted octanol–water partition coefficient (Wildman–Crippen LogP) is 4.40. The fourth-order valence-corrected chi connectivity index (χ4v) is 2.41. The van der Waals surface area contributed by atoms with Crippen molar-refractivity contribution in [1.82, 2.24) is 9.80 Å². The van der Waals surface area contributed by atoms with Gasteiger partial charge in [0.1, 0.15) is 0 Å². The molecule has 0 aliphatic heterocycles. The lowest BCUT2D eigenvalue weighted by molar-refractivity contribution is -0.128. The summed E-state index contributed by atoms with van der Waals surface area (Å²) in [5, 5.41) is 0. The van der Waals surface area contributed by atoms with Gasteiger partial charge in [-0.15, -0.1) is 0 Å². The van der Waals surface area contributed by atoms with E-state index in [2.05, 4.69) is 27.7 Å². The summed E-state index contributed by atoms with van der Waals surface area (Å²) in [7, 11) is 0. The SMILES string of the molecule is CCCCN(CCCC)C(=O)/C=C\C(=O)N(CCCC)CCCC. The first kappa shape index (κ1) is 22.7. The maximum Gasteiger partial charge on any atom is 0.246 e. The molecule has 0 heterocycles. The molecule has 4 nitrogen and oxygen atoms in total. The molecule has 0 aromatic heterocycles. The average Bonchev–Trinajstić information content (AvgIpc) is 2.59. The van der Waals surface area contributed by atoms with Crippen LogP contribution >= 0.6 is 0 Å². The Balaban J connectivity index is 4.68. The molecule has 0 spiro atoms. The first-order valence-electron chi connectivity index (χ1n) is 9.86. The fourth-order valence-electron chi connectivity index (χ4n) is 2.41. The van der Waals surface area contributed by atoms with Crippen molar-refractivity contribution in [2.45, 2.75) is 79.1 Å². The highest BCUT2D eigenvalue weighted by Gasteiger charge is 2.12. The minimum atomic E-state index is -0.0313. The second-order valence-corrected chi connectivity index (χ2v) is 6.40. The van der Waals surface area contributed by atoms with E-state index >= 15 is 0 Å². The monoisotopic (exact) mass is 338 g/mol. The molecule has 140 valence electrons. The molecule has 0 saturated carbocycles. The molecule has 0 atom stereocenters. The molecule has 0 saturated heterocycles. The summed E-state index contributed by atoms with van der Waals surface area (Å²) < 4.78 is 0. The predicted molar refractivity (Wildman–Crippen MR) is 102 cm³/mol. The lowest BCUT2D eigenvalue weighted by Crippen LogP contribution is -2.33. The molecule has 2 amide bonds. The Bertz CT molecular complexity index is 317. The van der Waals surface area contributed by atoms with Crippen molar-refractivity contribution in [1.29, 1.82) is 0 Å². The van der Waals surface area contributed by atoms with Crippen molar-refractivity contribution in [3.63, 3.8) is 0 Å². The molecule has 0 unspecified atom stereocenters. The minimum Gasteiger partial charge on any atom is -0.339 e. The first-order valence-corrected chi connectivity index (χ1v) is 9.86. The molecule has 0 aromatic carbocycles. The van der Waals surface area contributed by atoms with Crippen LogP contribution in [-0.2, 0) is 9.59 Å². The molecular formula is C20H38N2O2. The van der Waals surface area contributed by atoms with Crippen LogP contribution in [0.1, 0.15) is 79.1 Å². The van der Waals surface area contributed by atoms with E-state index in [0.29, 0.717) is 0 Å². The molecule has 0 radical (unpaired) electrons. The molecule has 24 heavy (non-hydrogen) atoms. The number of unbranched alkanes of at least 4 members (excludes halogenated alkanes) is 4. The Morgan fingerprint density at radius 3 is 1.04 bits per heavy atom. The van der Waals surface area contributed by atoms with E-state index in [9.17, 15) is 9.59 Å². The summed E-state index contributed by atoms with van der Waals surface area (Å²) in [6, 6.07) is 0. The van der Waals surface area contributed by atoms with Gasteiger partial charge in [-0.1, -0.05) is 53.4 Å².